The summed E-state index contributed by atoms with van der Waals surface area (Å²) in [6, 6.07) is 18.3. The second-order valence-electron chi connectivity index (χ2n) is 6.65. The molecule has 31 heavy (non-hydrogen) atoms. The standard InChI is InChI=1S/C26H23ClO4/c1-29-22-11-8-18(9-12-22)7-10-19-16-23(30-2)17-26(31-3)24(19)13-14-25(28)20-5-4-6-21(27)15-20/h4-17H,1-3H3/b10-7+,14-13+. The minimum atomic E-state index is -0.148. The van der Waals surface area contributed by atoms with Gasteiger partial charge in [0.15, 0.2) is 5.78 Å². The van der Waals surface area contributed by atoms with Crippen LogP contribution in [0.15, 0.2) is 66.7 Å². The van der Waals surface area contributed by atoms with E-state index in [1.165, 1.54) is 6.08 Å². The number of carbonyl (C=O) groups excluding carboxylic acids is 1. The molecule has 4 nitrogen and oxygen atoms in total. The number of ether oxygens (including phenoxy) is 3. The summed E-state index contributed by atoms with van der Waals surface area (Å²) >= 11 is 6.00. The smallest absolute Gasteiger partial charge is 0.185 e. The summed E-state index contributed by atoms with van der Waals surface area (Å²) < 4.78 is 16.2. The fourth-order valence-corrected chi connectivity index (χ4v) is 3.21. The number of ketones is 1. The lowest BCUT2D eigenvalue weighted by Crippen LogP contribution is -1.96. The molecule has 0 aliphatic heterocycles. The molecule has 0 radical (unpaired) electrons. The number of methoxy groups -OCH3 is 3. The van der Waals surface area contributed by atoms with Crippen molar-refractivity contribution in [3.8, 4) is 17.2 Å². The summed E-state index contributed by atoms with van der Waals surface area (Å²) in [6.45, 7) is 0. The fraction of sp³-hybridized carbons (Fsp3) is 0.115. The average Bonchev–Trinajstić information content (AvgIpc) is 2.81. The van der Waals surface area contributed by atoms with Gasteiger partial charge in [-0.2, -0.15) is 0 Å². The highest BCUT2D eigenvalue weighted by Gasteiger charge is 2.10. The molecule has 0 saturated heterocycles. The van der Waals surface area contributed by atoms with Crippen molar-refractivity contribution in [2.45, 2.75) is 0 Å². The Hall–Kier alpha value is -3.50. The highest BCUT2D eigenvalue weighted by atomic mass is 35.5. The number of benzene rings is 3. The monoisotopic (exact) mass is 434 g/mol. The van der Waals surface area contributed by atoms with E-state index in [1.54, 1.807) is 57.7 Å². The first-order valence-electron chi connectivity index (χ1n) is 9.60. The van der Waals surface area contributed by atoms with Crippen LogP contribution in [-0.4, -0.2) is 27.1 Å². The van der Waals surface area contributed by atoms with Crippen molar-refractivity contribution in [1.29, 1.82) is 0 Å². The van der Waals surface area contributed by atoms with Crippen molar-refractivity contribution in [1.82, 2.24) is 0 Å². The lowest BCUT2D eigenvalue weighted by Gasteiger charge is -2.11. The van der Waals surface area contributed by atoms with Crippen molar-refractivity contribution >= 4 is 35.6 Å². The molecule has 0 heterocycles. The molecule has 3 rings (SSSR count). The summed E-state index contributed by atoms with van der Waals surface area (Å²) in [6.07, 6.45) is 7.19. The molecule has 0 unspecified atom stereocenters. The van der Waals surface area contributed by atoms with E-state index in [1.807, 2.05) is 42.5 Å². The van der Waals surface area contributed by atoms with Gasteiger partial charge >= 0.3 is 0 Å². The third-order valence-electron chi connectivity index (χ3n) is 4.68. The van der Waals surface area contributed by atoms with Gasteiger partial charge in [0.05, 0.1) is 21.3 Å². The normalized spacial score (nSPS) is 11.1. The van der Waals surface area contributed by atoms with Gasteiger partial charge in [-0.15, -0.1) is 0 Å². The molecular formula is C26H23ClO4. The van der Waals surface area contributed by atoms with Gasteiger partial charge in [-0.25, -0.2) is 0 Å². The molecule has 0 N–H and O–H groups in total. The van der Waals surface area contributed by atoms with Crippen LogP contribution in [0.2, 0.25) is 5.02 Å². The van der Waals surface area contributed by atoms with E-state index in [0.29, 0.717) is 22.1 Å². The quantitative estimate of drug-likeness (QED) is 0.233. The summed E-state index contributed by atoms with van der Waals surface area (Å²) in [5.41, 5.74) is 3.14. The van der Waals surface area contributed by atoms with Crippen LogP contribution in [-0.2, 0) is 0 Å². The molecule has 0 bridgehead atoms. The summed E-state index contributed by atoms with van der Waals surface area (Å²) in [5.74, 6) is 1.90. The molecule has 0 atom stereocenters. The first-order valence-corrected chi connectivity index (χ1v) is 9.98. The van der Waals surface area contributed by atoms with Crippen LogP contribution in [0, 0.1) is 0 Å². The Kier molecular flexibility index (Phi) is 7.52. The van der Waals surface area contributed by atoms with Gasteiger partial charge in [-0.1, -0.05) is 48.0 Å². The predicted molar refractivity (Wildman–Crippen MR) is 126 cm³/mol. The van der Waals surface area contributed by atoms with Crippen LogP contribution in [0.25, 0.3) is 18.2 Å². The van der Waals surface area contributed by atoms with Crippen LogP contribution in [0.3, 0.4) is 0 Å². The molecule has 0 aliphatic rings. The zero-order chi connectivity index (χ0) is 22.2. The Bertz CT molecular complexity index is 1110. The van der Waals surface area contributed by atoms with Crippen molar-refractivity contribution in [2.24, 2.45) is 0 Å². The topological polar surface area (TPSA) is 44.8 Å². The lowest BCUT2D eigenvalue weighted by molar-refractivity contribution is 0.104. The summed E-state index contributed by atoms with van der Waals surface area (Å²) in [5, 5.41) is 0.518. The third kappa shape index (κ3) is 5.77. The van der Waals surface area contributed by atoms with Crippen LogP contribution >= 0.6 is 11.6 Å². The number of hydrogen-bond acceptors (Lipinski definition) is 4. The maximum Gasteiger partial charge on any atom is 0.185 e. The molecule has 0 amide bonds. The minimum absolute atomic E-state index is 0.148. The second kappa shape index (κ2) is 10.5. The molecule has 0 spiro atoms. The average molecular weight is 435 g/mol. The Morgan fingerprint density at radius 3 is 2.19 bits per heavy atom. The maximum absolute atomic E-state index is 12.6. The van der Waals surface area contributed by atoms with Gasteiger partial charge in [0.25, 0.3) is 0 Å². The van der Waals surface area contributed by atoms with Crippen molar-refractivity contribution in [3.63, 3.8) is 0 Å². The number of allylic oxidation sites excluding steroid dienone is 1. The molecule has 158 valence electrons. The Labute approximate surface area is 187 Å². The SMILES string of the molecule is COc1ccc(/C=C/c2cc(OC)cc(OC)c2/C=C/C(=O)c2cccc(Cl)c2)cc1. The first-order chi connectivity index (χ1) is 15.0. The van der Waals surface area contributed by atoms with Crippen molar-refractivity contribution < 1.29 is 19.0 Å². The highest BCUT2D eigenvalue weighted by molar-refractivity contribution is 6.31. The molecule has 0 aromatic heterocycles. The second-order valence-corrected chi connectivity index (χ2v) is 7.08. The highest BCUT2D eigenvalue weighted by Crippen LogP contribution is 2.31. The molecule has 5 heteroatoms. The summed E-state index contributed by atoms with van der Waals surface area (Å²) in [4.78, 5) is 12.6. The molecule has 3 aromatic carbocycles. The van der Waals surface area contributed by atoms with Crippen LogP contribution in [0.1, 0.15) is 27.0 Å². The van der Waals surface area contributed by atoms with Crippen LogP contribution < -0.4 is 14.2 Å². The van der Waals surface area contributed by atoms with Gasteiger partial charge in [-0.3, -0.25) is 4.79 Å². The van der Waals surface area contributed by atoms with Crippen LogP contribution in [0.5, 0.6) is 17.2 Å². The molecule has 0 fully saturated rings. The maximum atomic E-state index is 12.6. The minimum Gasteiger partial charge on any atom is -0.497 e. The molecular weight excluding hydrogens is 412 g/mol. The first kappa shape index (κ1) is 22.2. The molecule has 0 saturated carbocycles. The third-order valence-corrected chi connectivity index (χ3v) is 4.92. The lowest BCUT2D eigenvalue weighted by atomic mass is 10.0. The van der Waals surface area contributed by atoms with E-state index >= 15 is 0 Å². The zero-order valence-corrected chi connectivity index (χ0v) is 18.3. The number of hydrogen-bond donors (Lipinski definition) is 0. The van der Waals surface area contributed by atoms with Crippen LogP contribution in [0.4, 0.5) is 0 Å². The van der Waals surface area contributed by atoms with Crippen molar-refractivity contribution in [2.75, 3.05) is 21.3 Å². The Morgan fingerprint density at radius 2 is 1.55 bits per heavy atom. The fourth-order valence-electron chi connectivity index (χ4n) is 3.02. The van der Waals surface area contributed by atoms with E-state index in [4.69, 9.17) is 25.8 Å². The van der Waals surface area contributed by atoms with E-state index in [-0.39, 0.29) is 5.78 Å². The Morgan fingerprint density at radius 1 is 0.806 bits per heavy atom. The molecule has 3 aromatic rings. The summed E-state index contributed by atoms with van der Waals surface area (Å²) in [7, 11) is 4.82. The number of rotatable bonds is 8. The van der Waals surface area contributed by atoms with E-state index in [2.05, 4.69) is 0 Å². The van der Waals surface area contributed by atoms with Gasteiger partial charge in [0, 0.05) is 22.2 Å². The van der Waals surface area contributed by atoms with Gasteiger partial charge < -0.3 is 14.2 Å². The predicted octanol–water partition coefficient (Wildman–Crippen LogP) is 6.43. The van der Waals surface area contributed by atoms with Gasteiger partial charge in [-0.05, 0) is 53.6 Å². The number of carbonyl (C=O) groups is 1. The Balaban J connectivity index is 1.97. The van der Waals surface area contributed by atoms with E-state index in [9.17, 15) is 4.79 Å². The largest absolute Gasteiger partial charge is 0.497 e. The van der Waals surface area contributed by atoms with Gasteiger partial charge in [0.2, 0.25) is 0 Å². The zero-order valence-electron chi connectivity index (χ0n) is 17.6. The van der Waals surface area contributed by atoms with E-state index in [0.717, 1.165) is 22.4 Å². The van der Waals surface area contributed by atoms with Crippen molar-refractivity contribution in [3.05, 3.63) is 94.0 Å². The van der Waals surface area contributed by atoms with E-state index < -0.39 is 0 Å². The number of halogens is 1. The van der Waals surface area contributed by atoms with Gasteiger partial charge in [0.1, 0.15) is 17.2 Å². The molecule has 0 aliphatic carbocycles.